The van der Waals surface area contributed by atoms with Crippen LogP contribution in [-0.2, 0) is 14.3 Å². The van der Waals surface area contributed by atoms with Gasteiger partial charge in [0, 0.05) is 24.9 Å². The molecule has 0 unspecified atom stereocenters. The lowest BCUT2D eigenvalue weighted by Gasteiger charge is -2.38. The molecule has 0 radical (unpaired) electrons. The van der Waals surface area contributed by atoms with Crippen LogP contribution >= 0.6 is 0 Å². The fraction of sp³-hybridized carbons (Fsp3) is 0.318. The number of fused-ring (bicyclic) bond motifs is 3. The Labute approximate surface area is 168 Å². The number of carbonyl (C=O) groups excluding carboxylic acids is 2. The molecule has 2 aromatic carbocycles. The summed E-state index contributed by atoms with van der Waals surface area (Å²) in [5.41, 5.74) is 4.56. The predicted molar refractivity (Wildman–Crippen MR) is 105 cm³/mol. The van der Waals surface area contributed by atoms with Crippen LogP contribution in [0.15, 0.2) is 48.5 Å². The number of ether oxygens (including phenoxy) is 1. The largest absolute Gasteiger partial charge is 0.481 e. The van der Waals surface area contributed by atoms with Crippen molar-refractivity contribution in [2.75, 3.05) is 26.2 Å². The third-order valence-corrected chi connectivity index (χ3v) is 5.50. The number of carboxylic acid groups (broad SMARTS) is 1. The highest BCUT2D eigenvalue weighted by atomic mass is 16.5. The number of carbonyl (C=O) groups is 3. The van der Waals surface area contributed by atoms with E-state index in [4.69, 9.17) is 9.84 Å². The van der Waals surface area contributed by atoms with Gasteiger partial charge in [0.25, 0.3) is 0 Å². The van der Waals surface area contributed by atoms with Gasteiger partial charge in [-0.15, -0.1) is 0 Å². The van der Waals surface area contributed by atoms with Crippen molar-refractivity contribution in [2.45, 2.75) is 12.3 Å². The SMILES string of the molecule is O=C(O)CC1CN(C(=O)CNC(=O)OCC2c3ccccc3-c3ccccc32)C1. The quantitative estimate of drug-likeness (QED) is 0.785. The van der Waals surface area contributed by atoms with Crippen LogP contribution in [0.4, 0.5) is 4.79 Å². The molecule has 0 spiro atoms. The standard InChI is InChI=1S/C22H22N2O5/c25-20(24-11-14(12-24)9-21(26)27)10-23-22(28)29-13-19-17-7-3-1-5-15(17)16-6-2-4-8-18(16)19/h1-8,14,19H,9-13H2,(H,23,28)(H,26,27). The van der Waals surface area contributed by atoms with Gasteiger partial charge in [0.2, 0.25) is 5.91 Å². The molecule has 4 rings (SSSR count). The highest BCUT2D eigenvalue weighted by Crippen LogP contribution is 2.44. The van der Waals surface area contributed by atoms with Crippen LogP contribution in [0.3, 0.4) is 0 Å². The molecule has 0 atom stereocenters. The third-order valence-electron chi connectivity index (χ3n) is 5.50. The summed E-state index contributed by atoms with van der Waals surface area (Å²) in [6, 6.07) is 16.2. The number of amides is 2. The van der Waals surface area contributed by atoms with Crippen LogP contribution in [0.1, 0.15) is 23.5 Å². The fourth-order valence-electron chi connectivity index (χ4n) is 4.06. The minimum Gasteiger partial charge on any atom is -0.481 e. The lowest BCUT2D eigenvalue weighted by molar-refractivity contribution is -0.144. The number of nitrogens with zero attached hydrogens (tertiary/aromatic N) is 1. The minimum absolute atomic E-state index is 0.00842. The van der Waals surface area contributed by atoms with Gasteiger partial charge in [-0.1, -0.05) is 48.5 Å². The van der Waals surface area contributed by atoms with E-state index in [2.05, 4.69) is 17.4 Å². The van der Waals surface area contributed by atoms with Crippen LogP contribution in [-0.4, -0.2) is 54.2 Å². The molecule has 2 N–H and O–H groups in total. The second-order valence-electron chi connectivity index (χ2n) is 7.44. The summed E-state index contributed by atoms with van der Waals surface area (Å²) in [5.74, 6) is -1.14. The first-order chi connectivity index (χ1) is 14.0. The zero-order valence-electron chi connectivity index (χ0n) is 15.8. The molecule has 7 heteroatoms. The van der Waals surface area contributed by atoms with E-state index in [0.717, 1.165) is 22.3 Å². The van der Waals surface area contributed by atoms with E-state index in [9.17, 15) is 14.4 Å². The van der Waals surface area contributed by atoms with Crippen molar-refractivity contribution in [1.29, 1.82) is 0 Å². The van der Waals surface area contributed by atoms with Crippen LogP contribution in [0, 0.1) is 5.92 Å². The number of alkyl carbamates (subject to hydrolysis) is 1. The van der Waals surface area contributed by atoms with E-state index < -0.39 is 12.1 Å². The molecular weight excluding hydrogens is 372 g/mol. The molecule has 150 valence electrons. The molecule has 7 nitrogen and oxygen atoms in total. The summed E-state index contributed by atoms with van der Waals surface area (Å²) < 4.78 is 5.40. The predicted octanol–water partition coefficient (Wildman–Crippen LogP) is 2.46. The molecular formula is C22H22N2O5. The van der Waals surface area contributed by atoms with E-state index in [1.54, 1.807) is 0 Å². The minimum atomic E-state index is -0.862. The third kappa shape index (κ3) is 3.94. The second kappa shape index (κ2) is 7.95. The Morgan fingerprint density at radius 3 is 2.17 bits per heavy atom. The molecule has 2 aliphatic rings. The molecule has 1 heterocycles. The molecule has 1 saturated heterocycles. The Hall–Kier alpha value is -3.35. The number of likely N-dealkylation sites (tertiary alicyclic amines) is 1. The normalized spacial score (nSPS) is 15.2. The Morgan fingerprint density at radius 1 is 1.00 bits per heavy atom. The van der Waals surface area contributed by atoms with Gasteiger partial charge in [-0.25, -0.2) is 4.79 Å². The molecule has 1 aliphatic carbocycles. The maximum Gasteiger partial charge on any atom is 0.407 e. The van der Waals surface area contributed by atoms with Crippen molar-refractivity contribution in [3.63, 3.8) is 0 Å². The number of hydrogen-bond acceptors (Lipinski definition) is 4. The van der Waals surface area contributed by atoms with E-state index in [1.165, 1.54) is 4.90 Å². The highest BCUT2D eigenvalue weighted by molar-refractivity contribution is 5.83. The maximum absolute atomic E-state index is 12.1. The van der Waals surface area contributed by atoms with E-state index >= 15 is 0 Å². The van der Waals surface area contributed by atoms with Gasteiger partial charge >= 0.3 is 12.1 Å². The van der Waals surface area contributed by atoms with Gasteiger partial charge in [-0.05, 0) is 22.3 Å². The van der Waals surface area contributed by atoms with Gasteiger partial charge in [-0.3, -0.25) is 9.59 Å². The molecule has 0 aromatic heterocycles. The van der Waals surface area contributed by atoms with Gasteiger partial charge in [0.15, 0.2) is 0 Å². The van der Waals surface area contributed by atoms with Crippen LogP contribution in [0.2, 0.25) is 0 Å². The summed E-state index contributed by atoms with van der Waals surface area (Å²) in [4.78, 5) is 36.3. The van der Waals surface area contributed by atoms with E-state index in [0.29, 0.717) is 13.1 Å². The van der Waals surface area contributed by atoms with Crippen molar-refractivity contribution < 1.29 is 24.2 Å². The Kier molecular flexibility index (Phi) is 5.20. The summed E-state index contributed by atoms with van der Waals surface area (Å²) in [5, 5.41) is 11.2. The molecule has 2 amide bonds. The first kappa shape index (κ1) is 19.0. The molecule has 1 fully saturated rings. The number of benzene rings is 2. The zero-order valence-corrected chi connectivity index (χ0v) is 15.8. The van der Waals surface area contributed by atoms with Gasteiger partial charge in [0.1, 0.15) is 13.2 Å². The van der Waals surface area contributed by atoms with E-state index in [-0.39, 0.29) is 37.3 Å². The lowest BCUT2D eigenvalue weighted by atomic mass is 9.96. The van der Waals surface area contributed by atoms with Crippen molar-refractivity contribution in [2.24, 2.45) is 5.92 Å². The second-order valence-corrected chi connectivity index (χ2v) is 7.44. The van der Waals surface area contributed by atoms with Crippen molar-refractivity contribution in [3.8, 4) is 11.1 Å². The monoisotopic (exact) mass is 394 g/mol. The summed E-state index contributed by atoms with van der Waals surface area (Å²) in [7, 11) is 0. The average Bonchev–Trinajstić information content (AvgIpc) is 3.01. The summed E-state index contributed by atoms with van der Waals surface area (Å²) in [6.07, 6.45) is -0.577. The Morgan fingerprint density at radius 2 is 1.59 bits per heavy atom. The molecule has 2 aromatic rings. The molecule has 0 bridgehead atoms. The number of nitrogens with one attached hydrogen (secondary N) is 1. The average molecular weight is 394 g/mol. The topological polar surface area (TPSA) is 95.9 Å². The Balaban J connectivity index is 1.27. The zero-order chi connectivity index (χ0) is 20.4. The van der Waals surface area contributed by atoms with Crippen LogP contribution < -0.4 is 5.32 Å². The van der Waals surface area contributed by atoms with Crippen LogP contribution in [0.25, 0.3) is 11.1 Å². The number of carboxylic acids is 1. The highest BCUT2D eigenvalue weighted by Gasteiger charge is 2.32. The molecule has 29 heavy (non-hydrogen) atoms. The lowest BCUT2D eigenvalue weighted by Crippen LogP contribution is -2.53. The maximum atomic E-state index is 12.1. The fourth-order valence-corrected chi connectivity index (χ4v) is 4.06. The van der Waals surface area contributed by atoms with Crippen LogP contribution in [0.5, 0.6) is 0 Å². The Bertz CT molecular complexity index is 906. The number of aliphatic carboxylic acids is 1. The smallest absolute Gasteiger partial charge is 0.407 e. The first-order valence-corrected chi connectivity index (χ1v) is 9.61. The summed E-state index contributed by atoms with van der Waals surface area (Å²) in [6.45, 7) is 0.865. The van der Waals surface area contributed by atoms with Gasteiger partial charge in [0.05, 0.1) is 6.42 Å². The van der Waals surface area contributed by atoms with Crippen molar-refractivity contribution >= 4 is 18.0 Å². The molecule has 0 saturated carbocycles. The molecule has 1 aliphatic heterocycles. The number of rotatable bonds is 6. The van der Waals surface area contributed by atoms with Crippen molar-refractivity contribution in [1.82, 2.24) is 10.2 Å². The van der Waals surface area contributed by atoms with Crippen molar-refractivity contribution in [3.05, 3.63) is 59.7 Å². The van der Waals surface area contributed by atoms with Gasteiger partial charge in [-0.2, -0.15) is 0 Å². The van der Waals surface area contributed by atoms with Gasteiger partial charge < -0.3 is 20.1 Å². The number of hydrogen-bond donors (Lipinski definition) is 2. The summed E-state index contributed by atoms with van der Waals surface area (Å²) >= 11 is 0. The van der Waals surface area contributed by atoms with E-state index in [1.807, 2.05) is 36.4 Å². The first-order valence-electron chi connectivity index (χ1n) is 9.61.